The van der Waals surface area contributed by atoms with Gasteiger partial charge in [0.15, 0.2) is 0 Å². The summed E-state index contributed by atoms with van der Waals surface area (Å²) in [5.41, 5.74) is 1.24. The Hall–Kier alpha value is -0.970. The molecule has 1 aromatic rings. The molecule has 120 valence electrons. The number of pyridine rings is 1. The topological polar surface area (TPSA) is 48.4 Å². The molecule has 4 heteroatoms. The second-order valence-electron chi connectivity index (χ2n) is 5.83. The first-order valence-corrected chi connectivity index (χ1v) is 8.09. The maximum absolute atomic E-state index is 9.64. The van der Waals surface area contributed by atoms with Crippen molar-refractivity contribution in [3.8, 4) is 0 Å². The van der Waals surface area contributed by atoms with Gasteiger partial charge in [0.25, 0.3) is 0 Å². The van der Waals surface area contributed by atoms with E-state index in [9.17, 15) is 5.11 Å². The average Bonchev–Trinajstić information content (AvgIpc) is 2.53. The number of hydrogen-bond donors (Lipinski definition) is 2. The summed E-state index contributed by atoms with van der Waals surface area (Å²) < 4.78 is 0. The highest BCUT2D eigenvalue weighted by Crippen LogP contribution is 2.17. The minimum atomic E-state index is -0.0965. The molecule has 0 bridgehead atoms. The highest BCUT2D eigenvalue weighted by Gasteiger charge is 2.25. The van der Waals surface area contributed by atoms with Crippen LogP contribution in [0.4, 0.5) is 0 Å². The van der Waals surface area contributed by atoms with Crippen LogP contribution in [0.5, 0.6) is 0 Å². The Morgan fingerprint density at radius 1 is 1.24 bits per heavy atom. The first-order chi connectivity index (χ1) is 10.2. The van der Waals surface area contributed by atoms with E-state index in [4.69, 9.17) is 0 Å². The van der Waals surface area contributed by atoms with Crippen LogP contribution in [-0.2, 0) is 6.42 Å². The van der Waals surface area contributed by atoms with Crippen LogP contribution in [0.3, 0.4) is 0 Å². The number of likely N-dealkylation sites (N-methyl/N-ethyl adjacent to an activating group) is 2. The molecule has 2 N–H and O–H groups in total. The molecule has 1 heterocycles. The normalized spacial score (nSPS) is 14.3. The van der Waals surface area contributed by atoms with Crippen molar-refractivity contribution in [2.75, 3.05) is 33.3 Å². The van der Waals surface area contributed by atoms with Gasteiger partial charge in [0.2, 0.25) is 0 Å². The SMILES string of the molecule is CCNC(CC)(CO)CCCN(C)CCc1ccncc1. The van der Waals surface area contributed by atoms with E-state index in [2.05, 4.69) is 48.2 Å². The monoisotopic (exact) mass is 293 g/mol. The van der Waals surface area contributed by atoms with Crippen LogP contribution in [0, 0.1) is 0 Å². The van der Waals surface area contributed by atoms with Gasteiger partial charge in [-0.2, -0.15) is 0 Å². The molecule has 4 nitrogen and oxygen atoms in total. The van der Waals surface area contributed by atoms with Gasteiger partial charge in [-0.1, -0.05) is 13.8 Å². The fourth-order valence-corrected chi connectivity index (χ4v) is 2.68. The van der Waals surface area contributed by atoms with Crippen molar-refractivity contribution in [3.05, 3.63) is 30.1 Å². The third-order valence-corrected chi connectivity index (χ3v) is 4.26. The Morgan fingerprint density at radius 3 is 2.52 bits per heavy atom. The molecule has 0 aliphatic rings. The Kier molecular flexibility index (Phi) is 8.50. The highest BCUT2D eigenvalue weighted by molar-refractivity contribution is 5.09. The molecule has 0 aliphatic heterocycles. The summed E-state index contributed by atoms with van der Waals surface area (Å²) in [5, 5.41) is 13.1. The lowest BCUT2D eigenvalue weighted by Crippen LogP contribution is -2.48. The highest BCUT2D eigenvalue weighted by atomic mass is 16.3. The Labute approximate surface area is 129 Å². The van der Waals surface area contributed by atoms with E-state index in [0.717, 1.165) is 45.3 Å². The van der Waals surface area contributed by atoms with Gasteiger partial charge >= 0.3 is 0 Å². The van der Waals surface area contributed by atoms with Crippen LogP contribution in [0.25, 0.3) is 0 Å². The largest absolute Gasteiger partial charge is 0.394 e. The molecule has 0 amide bonds. The van der Waals surface area contributed by atoms with Crippen LogP contribution < -0.4 is 5.32 Å². The number of hydrogen-bond acceptors (Lipinski definition) is 4. The van der Waals surface area contributed by atoms with Gasteiger partial charge in [0, 0.05) is 24.5 Å². The molecule has 0 spiro atoms. The number of rotatable bonds is 11. The van der Waals surface area contributed by atoms with Crippen LogP contribution in [0.1, 0.15) is 38.7 Å². The first-order valence-electron chi connectivity index (χ1n) is 8.09. The molecular weight excluding hydrogens is 262 g/mol. The van der Waals surface area contributed by atoms with Gasteiger partial charge < -0.3 is 15.3 Å². The zero-order valence-corrected chi connectivity index (χ0v) is 13.8. The molecule has 0 aromatic carbocycles. The fourth-order valence-electron chi connectivity index (χ4n) is 2.68. The molecule has 0 aliphatic carbocycles. The van der Waals surface area contributed by atoms with Crippen LogP contribution in [0.2, 0.25) is 0 Å². The Morgan fingerprint density at radius 2 is 1.95 bits per heavy atom. The second kappa shape index (κ2) is 9.87. The summed E-state index contributed by atoms with van der Waals surface area (Å²) >= 11 is 0. The van der Waals surface area contributed by atoms with E-state index in [1.807, 2.05) is 12.4 Å². The van der Waals surface area contributed by atoms with Gasteiger partial charge in [-0.05, 0) is 63.5 Å². The molecule has 21 heavy (non-hydrogen) atoms. The van der Waals surface area contributed by atoms with Gasteiger partial charge in [-0.25, -0.2) is 0 Å². The summed E-state index contributed by atoms with van der Waals surface area (Å²) in [6.07, 6.45) is 7.86. The van der Waals surface area contributed by atoms with Crippen molar-refractivity contribution in [3.63, 3.8) is 0 Å². The quantitative estimate of drug-likeness (QED) is 0.656. The van der Waals surface area contributed by atoms with E-state index < -0.39 is 0 Å². The fraction of sp³-hybridized carbons (Fsp3) is 0.706. The van der Waals surface area contributed by atoms with Crippen molar-refractivity contribution in [1.29, 1.82) is 0 Å². The maximum Gasteiger partial charge on any atom is 0.0613 e. The number of aliphatic hydroxyl groups excluding tert-OH is 1. The van der Waals surface area contributed by atoms with Gasteiger partial charge in [0.05, 0.1) is 6.61 Å². The lowest BCUT2D eigenvalue weighted by Gasteiger charge is -2.32. The molecule has 1 atom stereocenters. The predicted octanol–water partition coefficient (Wildman–Crippen LogP) is 2.09. The molecule has 0 radical (unpaired) electrons. The summed E-state index contributed by atoms with van der Waals surface area (Å²) in [6.45, 7) is 7.50. The van der Waals surface area contributed by atoms with E-state index in [-0.39, 0.29) is 12.1 Å². The molecule has 0 saturated carbocycles. The van der Waals surface area contributed by atoms with Crippen molar-refractivity contribution in [1.82, 2.24) is 15.2 Å². The Balaban J connectivity index is 2.27. The second-order valence-corrected chi connectivity index (χ2v) is 5.83. The van der Waals surface area contributed by atoms with E-state index in [0.29, 0.717) is 0 Å². The standard InChI is InChI=1S/C17H31N3O/c1-4-17(15-21,19-5-2)10-6-13-20(3)14-9-16-7-11-18-12-8-16/h7-8,11-12,19,21H,4-6,9-10,13-15H2,1-3H3. The molecule has 1 unspecified atom stereocenters. The number of nitrogens with zero attached hydrogens (tertiary/aromatic N) is 2. The molecular formula is C17H31N3O. The van der Waals surface area contributed by atoms with E-state index in [1.165, 1.54) is 5.56 Å². The smallest absolute Gasteiger partial charge is 0.0613 e. The minimum Gasteiger partial charge on any atom is -0.394 e. The zero-order valence-electron chi connectivity index (χ0n) is 13.8. The van der Waals surface area contributed by atoms with Crippen LogP contribution >= 0.6 is 0 Å². The summed E-state index contributed by atoms with van der Waals surface area (Å²) in [7, 11) is 2.17. The average molecular weight is 293 g/mol. The molecule has 0 fully saturated rings. The number of aromatic nitrogens is 1. The minimum absolute atomic E-state index is 0.0965. The van der Waals surface area contributed by atoms with Crippen molar-refractivity contribution in [2.45, 2.75) is 45.1 Å². The van der Waals surface area contributed by atoms with Gasteiger partial charge in [-0.3, -0.25) is 4.98 Å². The molecule has 1 rings (SSSR count). The third-order valence-electron chi connectivity index (χ3n) is 4.26. The Bertz CT molecular complexity index is 366. The predicted molar refractivity (Wildman–Crippen MR) is 88.5 cm³/mol. The number of nitrogens with one attached hydrogen (secondary N) is 1. The van der Waals surface area contributed by atoms with Gasteiger partial charge in [-0.15, -0.1) is 0 Å². The lowest BCUT2D eigenvalue weighted by atomic mass is 9.91. The van der Waals surface area contributed by atoms with Crippen molar-refractivity contribution >= 4 is 0 Å². The summed E-state index contributed by atoms with van der Waals surface area (Å²) in [4.78, 5) is 6.41. The zero-order chi connectivity index (χ0) is 15.6. The van der Waals surface area contributed by atoms with Crippen molar-refractivity contribution in [2.24, 2.45) is 0 Å². The third kappa shape index (κ3) is 6.55. The first kappa shape index (κ1) is 18.1. The molecule has 0 saturated heterocycles. The maximum atomic E-state index is 9.64. The van der Waals surface area contributed by atoms with Crippen molar-refractivity contribution < 1.29 is 5.11 Å². The van der Waals surface area contributed by atoms with Crippen LogP contribution in [0.15, 0.2) is 24.5 Å². The van der Waals surface area contributed by atoms with Crippen LogP contribution in [-0.4, -0.2) is 53.8 Å². The van der Waals surface area contributed by atoms with E-state index in [1.54, 1.807) is 0 Å². The lowest BCUT2D eigenvalue weighted by molar-refractivity contribution is 0.142. The summed E-state index contributed by atoms with van der Waals surface area (Å²) in [6, 6.07) is 4.15. The van der Waals surface area contributed by atoms with E-state index >= 15 is 0 Å². The molecule has 1 aromatic heterocycles. The van der Waals surface area contributed by atoms with Gasteiger partial charge in [0.1, 0.15) is 0 Å². The number of aliphatic hydroxyl groups is 1. The summed E-state index contributed by atoms with van der Waals surface area (Å²) in [5.74, 6) is 0.